The van der Waals surface area contributed by atoms with E-state index in [1.807, 2.05) is 0 Å². The summed E-state index contributed by atoms with van der Waals surface area (Å²) in [5, 5.41) is 0. The van der Waals surface area contributed by atoms with Crippen molar-refractivity contribution in [3.63, 3.8) is 0 Å². The van der Waals surface area contributed by atoms with Gasteiger partial charge in [-0.15, -0.1) is 0 Å². The van der Waals surface area contributed by atoms with Crippen molar-refractivity contribution in [3.8, 4) is 0 Å². The Bertz CT molecular complexity index is 408. The number of sulfonamides is 1. The standard InChI is InChI=1S/C10H23NO5S2.Na/c1-2-3-4-5-6-7-8-11-17(12,13)9-10-18(14,15)16;/h11H,2-10H2,1H3,(H,14,15,16);/q;+1/p-1. The monoisotopic (exact) mass is 323 g/mol. The van der Waals surface area contributed by atoms with Crippen LogP contribution >= 0.6 is 0 Å². The van der Waals surface area contributed by atoms with E-state index >= 15 is 0 Å². The van der Waals surface area contributed by atoms with Gasteiger partial charge in [0.15, 0.2) is 0 Å². The first-order chi connectivity index (χ1) is 8.27. The minimum absolute atomic E-state index is 0. The van der Waals surface area contributed by atoms with Gasteiger partial charge in [0.25, 0.3) is 0 Å². The van der Waals surface area contributed by atoms with Crippen LogP contribution in [0.2, 0.25) is 0 Å². The molecule has 0 radical (unpaired) electrons. The van der Waals surface area contributed by atoms with Crippen molar-refractivity contribution in [3.05, 3.63) is 0 Å². The average Bonchev–Trinajstić information content (AvgIpc) is 2.25. The summed E-state index contributed by atoms with van der Waals surface area (Å²) < 4.78 is 55.8. The molecule has 110 valence electrons. The summed E-state index contributed by atoms with van der Waals surface area (Å²) in [7, 11) is -8.11. The van der Waals surface area contributed by atoms with Gasteiger partial charge in [-0.2, -0.15) is 0 Å². The maximum Gasteiger partial charge on any atom is 1.00 e. The molecule has 1 N–H and O–H groups in total. The zero-order chi connectivity index (χ0) is 14.1. The molecule has 9 heteroatoms. The average molecular weight is 323 g/mol. The predicted octanol–water partition coefficient (Wildman–Crippen LogP) is -2.18. The molecule has 0 bridgehead atoms. The molecule has 0 aromatic rings. The Kier molecular flexibility index (Phi) is 13.4. The van der Waals surface area contributed by atoms with Crippen LogP contribution in [0.15, 0.2) is 0 Å². The van der Waals surface area contributed by atoms with Gasteiger partial charge in [-0.1, -0.05) is 39.0 Å². The molecule has 0 fully saturated rings. The van der Waals surface area contributed by atoms with Crippen molar-refractivity contribution in [2.75, 3.05) is 18.1 Å². The van der Waals surface area contributed by atoms with E-state index in [4.69, 9.17) is 0 Å². The fraction of sp³-hybridized carbons (Fsp3) is 1.00. The van der Waals surface area contributed by atoms with E-state index in [1.54, 1.807) is 0 Å². The molecule has 0 saturated carbocycles. The van der Waals surface area contributed by atoms with Crippen molar-refractivity contribution < 1.29 is 50.9 Å². The quantitative estimate of drug-likeness (QED) is 0.264. The van der Waals surface area contributed by atoms with E-state index in [1.165, 1.54) is 6.42 Å². The van der Waals surface area contributed by atoms with Crippen LogP contribution in [-0.2, 0) is 20.1 Å². The van der Waals surface area contributed by atoms with Gasteiger partial charge in [0.1, 0.15) is 0 Å². The van der Waals surface area contributed by atoms with Gasteiger partial charge in [0, 0.05) is 6.54 Å². The second-order valence-corrected chi connectivity index (χ2v) is 7.69. The van der Waals surface area contributed by atoms with Crippen LogP contribution in [0.4, 0.5) is 0 Å². The van der Waals surface area contributed by atoms with E-state index < -0.39 is 31.6 Å². The zero-order valence-corrected chi connectivity index (χ0v) is 15.4. The van der Waals surface area contributed by atoms with Crippen molar-refractivity contribution in [1.82, 2.24) is 4.72 Å². The summed E-state index contributed by atoms with van der Waals surface area (Å²) in [4.78, 5) is 0. The fourth-order valence-corrected chi connectivity index (χ4v) is 3.71. The van der Waals surface area contributed by atoms with E-state index in [0.717, 1.165) is 32.1 Å². The van der Waals surface area contributed by atoms with Crippen molar-refractivity contribution in [2.45, 2.75) is 45.4 Å². The van der Waals surface area contributed by atoms with Crippen LogP contribution < -0.4 is 34.3 Å². The molecule has 6 nitrogen and oxygen atoms in total. The van der Waals surface area contributed by atoms with Crippen molar-refractivity contribution >= 4 is 20.1 Å². The molecule has 0 aromatic heterocycles. The number of nitrogens with one attached hydrogen (secondary N) is 1. The molecule has 0 saturated heterocycles. The van der Waals surface area contributed by atoms with E-state index in [9.17, 15) is 21.4 Å². The van der Waals surface area contributed by atoms with Crippen molar-refractivity contribution in [1.29, 1.82) is 0 Å². The smallest absolute Gasteiger partial charge is 0.748 e. The van der Waals surface area contributed by atoms with Gasteiger partial charge in [0.2, 0.25) is 10.0 Å². The third-order valence-electron chi connectivity index (χ3n) is 2.45. The van der Waals surface area contributed by atoms with Gasteiger partial charge in [0.05, 0.1) is 21.6 Å². The van der Waals surface area contributed by atoms with Crippen molar-refractivity contribution in [2.24, 2.45) is 0 Å². The van der Waals surface area contributed by atoms with E-state index in [-0.39, 0.29) is 29.6 Å². The molecule has 19 heavy (non-hydrogen) atoms. The Labute approximate surface area is 138 Å². The molecule has 0 atom stereocenters. The Balaban J connectivity index is 0. The maximum atomic E-state index is 11.3. The van der Waals surface area contributed by atoms with E-state index in [2.05, 4.69) is 11.6 Å². The Morgan fingerprint density at radius 3 is 1.95 bits per heavy atom. The Hall–Kier alpha value is 0.820. The largest absolute Gasteiger partial charge is 1.00 e. The first kappa shape index (κ1) is 22.1. The normalized spacial score (nSPS) is 12.1. The van der Waals surface area contributed by atoms with Gasteiger partial charge in [-0.05, 0) is 6.42 Å². The van der Waals surface area contributed by atoms with Crippen LogP contribution in [0, 0.1) is 0 Å². The van der Waals surface area contributed by atoms with Crippen LogP contribution in [0.3, 0.4) is 0 Å². The summed E-state index contributed by atoms with van der Waals surface area (Å²) in [6, 6.07) is 0. The molecular formula is C10H22NNaO5S2. The Morgan fingerprint density at radius 1 is 0.895 bits per heavy atom. The van der Waals surface area contributed by atoms with Crippen LogP contribution in [0.25, 0.3) is 0 Å². The first-order valence-electron chi connectivity index (χ1n) is 6.18. The molecule has 0 rings (SSSR count). The Morgan fingerprint density at radius 2 is 1.42 bits per heavy atom. The number of hydrogen-bond acceptors (Lipinski definition) is 5. The van der Waals surface area contributed by atoms with Gasteiger partial charge in [-0.3, -0.25) is 0 Å². The molecule has 0 aliphatic heterocycles. The molecule has 0 aromatic carbocycles. The summed E-state index contributed by atoms with van der Waals surface area (Å²) in [5.41, 5.74) is 0. The summed E-state index contributed by atoms with van der Waals surface area (Å²) in [6.45, 7) is 2.42. The minimum Gasteiger partial charge on any atom is -0.748 e. The molecule has 0 aliphatic carbocycles. The van der Waals surface area contributed by atoms with Gasteiger partial charge < -0.3 is 4.55 Å². The second-order valence-electron chi connectivity index (χ2n) is 4.24. The molecule has 0 amide bonds. The minimum atomic E-state index is -4.47. The van der Waals surface area contributed by atoms with Crippen LogP contribution in [0.5, 0.6) is 0 Å². The fourth-order valence-electron chi connectivity index (χ4n) is 1.42. The summed E-state index contributed by atoms with van der Waals surface area (Å²) in [6.07, 6.45) is 6.25. The molecule has 0 heterocycles. The summed E-state index contributed by atoms with van der Waals surface area (Å²) in [5.74, 6) is -1.53. The number of rotatable bonds is 11. The topological polar surface area (TPSA) is 103 Å². The molecular weight excluding hydrogens is 301 g/mol. The second kappa shape index (κ2) is 11.5. The van der Waals surface area contributed by atoms with Gasteiger partial charge >= 0.3 is 29.6 Å². The summed E-state index contributed by atoms with van der Waals surface area (Å²) >= 11 is 0. The van der Waals surface area contributed by atoms with Crippen LogP contribution in [-0.4, -0.2) is 39.4 Å². The number of hydrogen-bond donors (Lipinski definition) is 1. The predicted molar refractivity (Wildman–Crippen MR) is 69.7 cm³/mol. The molecule has 0 spiro atoms. The number of unbranched alkanes of at least 4 members (excludes halogenated alkanes) is 5. The third kappa shape index (κ3) is 16.8. The van der Waals surface area contributed by atoms with Gasteiger partial charge in [-0.25, -0.2) is 21.6 Å². The third-order valence-corrected chi connectivity index (χ3v) is 4.80. The van der Waals surface area contributed by atoms with Crippen LogP contribution in [0.1, 0.15) is 45.4 Å². The zero-order valence-electron chi connectivity index (χ0n) is 11.7. The molecule has 0 aliphatic rings. The first-order valence-corrected chi connectivity index (χ1v) is 9.41. The van der Waals surface area contributed by atoms with E-state index in [0.29, 0.717) is 6.54 Å². The molecule has 0 unspecified atom stereocenters. The maximum absolute atomic E-state index is 11.3. The SMILES string of the molecule is CCCCCCCCNS(=O)(=O)CCS(=O)(=O)[O-].[Na+].